The van der Waals surface area contributed by atoms with Gasteiger partial charge < -0.3 is 19.1 Å². The number of amides is 1. The molecule has 10 heteroatoms. The van der Waals surface area contributed by atoms with Crippen molar-refractivity contribution in [1.82, 2.24) is 9.73 Å². The zero-order chi connectivity index (χ0) is 23.3. The third-order valence-corrected chi connectivity index (χ3v) is 6.33. The number of aryl methyl sites for hydroxylation is 1. The molecule has 0 bridgehead atoms. The maximum atomic E-state index is 12.5. The zero-order valence-corrected chi connectivity index (χ0v) is 19.4. The number of carbonyl (C=O) groups excluding carboxylic acids is 1. The van der Waals surface area contributed by atoms with Crippen molar-refractivity contribution in [2.75, 3.05) is 27.5 Å². The van der Waals surface area contributed by atoms with Gasteiger partial charge in [-0.15, -0.1) is 0 Å². The van der Waals surface area contributed by atoms with Gasteiger partial charge in [0.05, 0.1) is 18.2 Å². The highest BCUT2D eigenvalue weighted by Gasteiger charge is 2.25. The summed E-state index contributed by atoms with van der Waals surface area (Å²) in [6, 6.07) is 8.25. The fraction of sp³-hybridized carbons (Fsp3) is 0.364. The monoisotopic (exact) mass is 461 g/mol. The van der Waals surface area contributed by atoms with Crippen LogP contribution in [0.4, 0.5) is 0 Å². The fourth-order valence-electron chi connectivity index (χ4n) is 3.24. The summed E-state index contributed by atoms with van der Waals surface area (Å²) in [5, 5.41) is 3.97. The lowest BCUT2D eigenvalue weighted by Gasteiger charge is -2.18. The third-order valence-electron chi connectivity index (χ3n) is 5.09. The average molecular weight is 462 g/mol. The molecule has 1 heterocycles. The molecule has 0 fully saturated rings. The summed E-state index contributed by atoms with van der Waals surface area (Å²) in [6.45, 7) is 4.20. The summed E-state index contributed by atoms with van der Waals surface area (Å²) in [4.78, 5) is 15.9. The Labute approximate surface area is 188 Å². The highest BCUT2D eigenvalue weighted by molar-refractivity contribution is 7.89. The number of hydrogen-bond donors (Lipinski definition) is 1. The van der Waals surface area contributed by atoms with Crippen LogP contribution in [0, 0.1) is 6.92 Å². The normalized spacial score (nSPS) is 12.8. The number of rotatable bonds is 9. The molecule has 1 amide bonds. The van der Waals surface area contributed by atoms with Crippen LogP contribution in [0.3, 0.4) is 0 Å². The standard InChI is InChI=1S/C22H27N3O6S/c1-5-20(26)25(3)11-10-16-12-19-22(31-14-30-19)21(29-4)18(16)13-23-24-32(27,28)17-8-6-15(2)7-9-17/h6-9,12-13,24H,5,10-11,14H2,1-4H3/b23-13+. The minimum atomic E-state index is -3.83. The quantitative estimate of drug-likeness (QED) is 0.454. The molecule has 32 heavy (non-hydrogen) atoms. The first kappa shape index (κ1) is 23.4. The van der Waals surface area contributed by atoms with Crippen molar-refractivity contribution in [3.05, 3.63) is 47.0 Å². The van der Waals surface area contributed by atoms with E-state index in [1.165, 1.54) is 25.5 Å². The molecule has 0 saturated carbocycles. The number of fused-ring (bicyclic) bond motifs is 1. The van der Waals surface area contributed by atoms with Crippen LogP contribution < -0.4 is 19.0 Å². The van der Waals surface area contributed by atoms with E-state index in [0.29, 0.717) is 42.2 Å². The maximum Gasteiger partial charge on any atom is 0.276 e. The smallest absolute Gasteiger partial charge is 0.276 e. The molecule has 1 N–H and O–H groups in total. The van der Waals surface area contributed by atoms with Gasteiger partial charge in [-0.2, -0.15) is 13.5 Å². The van der Waals surface area contributed by atoms with Crippen molar-refractivity contribution >= 4 is 22.1 Å². The predicted molar refractivity (Wildman–Crippen MR) is 120 cm³/mol. The molecule has 2 aromatic carbocycles. The van der Waals surface area contributed by atoms with Crippen LogP contribution in [-0.4, -0.2) is 52.9 Å². The van der Waals surface area contributed by atoms with Crippen molar-refractivity contribution in [2.24, 2.45) is 5.10 Å². The third kappa shape index (κ3) is 5.13. The first-order valence-electron chi connectivity index (χ1n) is 10.1. The molecule has 172 valence electrons. The number of benzene rings is 2. The number of ether oxygens (including phenoxy) is 3. The van der Waals surface area contributed by atoms with Gasteiger partial charge in [0, 0.05) is 25.6 Å². The highest BCUT2D eigenvalue weighted by atomic mass is 32.2. The second kappa shape index (κ2) is 9.90. The van der Waals surface area contributed by atoms with E-state index in [1.807, 2.05) is 6.92 Å². The Morgan fingerprint density at radius 3 is 2.66 bits per heavy atom. The van der Waals surface area contributed by atoms with Crippen LogP contribution in [-0.2, 0) is 21.2 Å². The van der Waals surface area contributed by atoms with E-state index < -0.39 is 10.0 Å². The number of hydrogen-bond acceptors (Lipinski definition) is 7. The van der Waals surface area contributed by atoms with Gasteiger partial charge in [-0.25, -0.2) is 4.83 Å². The highest BCUT2D eigenvalue weighted by Crippen LogP contribution is 2.44. The molecule has 0 aliphatic carbocycles. The van der Waals surface area contributed by atoms with Gasteiger partial charge in [0.2, 0.25) is 18.4 Å². The minimum Gasteiger partial charge on any atom is -0.492 e. The van der Waals surface area contributed by atoms with Gasteiger partial charge >= 0.3 is 0 Å². The molecule has 3 rings (SSSR count). The lowest BCUT2D eigenvalue weighted by molar-refractivity contribution is -0.129. The summed E-state index contributed by atoms with van der Waals surface area (Å²) < 4.78 is 41.6. The predicted octanol–water partition coefficient (Wildman–Crippen LogP) is 2.46. The van der Waals surface area contributed by atoms with Gasteiger partial charge in [0.25, 0.3) is 10.0 Å². The Morgan fingerprint density at radius 1 is 1.28 bits per heavy atom. The van der Waals surface area contributed by atoms with Crippen LogP contribution in [0.15, 0.2) is 40.3 Å². The first-order chi connectivity index (χ1) is 15.3. The maximum absolute atomic E-state index is 12.5. The Hall–Kier alpha value is -3.27. The van der Waals surface area contributed by atoms with Crippen molar-refractivity contribution in [3.63, 3.8) is 0 Å². The molecule has 2 aromatic rings. The summed E-state index contributed by atoms with van der Waals surface area (Å²) in [6.07, 6.45) is 2.28. The number of methoxy groups -OCH3 is 1. The van der Waals surface area contributed by atoms with Gasteiger partial charge in [0.1, 0.15) is 0 Å². The summed E-state index contributed by atoms with van der Waals surface area (Å²) >= 11 is 0. The van der Waals surface area contributed by atoms with Crippen molar-refractivity contribution in [3.8, 4) is 17.2 Å². The zero-order valence-electron chi connectivity index (χ0n) is 18.5. The van der Waals surface area contributed by atoms with E-state index >= 15 is 0 Å². The lowest BCUT2D eigenvalue weighted by Crippen LogP contribution is -2.28. The minimum absolute atomic E-state index is 0.0267. The molecule has 9 nitrogen and oxygen atoms in total. The molecular formula is C22H27N3O6S. The molecule has 0 radical (unpaired) electrons. The molecule has 0 aromatic heterocycles. The van der Waals surface area contributed by atoms with E-state index in [1.54, 1.807) is 37.1 Å². The van der Waals surface area contributed by atoms with Crippen molar-refractivity contribution in [1.29, 1.82) is 0 Å². The van der Waals surface area contributed by atoms with E-state index in [4.69, 9.17) is 14.2 Å². The molecule has 0 unspecified atom stereocenters. The Balaban J connectivity index is 1.89. The SMILES string of the molecule is CCC(=O)N(C)CCc1cc2c(c(OC)c1/C=N/NS(=O)(=O)c1ccc(C)cc1)OCO2. The molecular weight excluding hydrogens is 434 g/mol. The van der Waals surface area contributed by atoms with E-state index in [9.17, 15) is 13.2 Å². The number of nitrogens with zero attached hydrogens (tertiary/aromatic N) is 2. The van der Waals surface area contributed by atoms with Crippen LogP contribution in [0.1, 0.15) is 30.0 Å². The Kier molecular flexibility index (Phi) is 7.24. The van der Waals surface area contributed by atoms with Crippen LogP contribution in [0.2, 0.25) is 0 Å². The van der Waals surface area contributed by atoms with E-state index in [-0.39, 0.29) is 17.6 Å². The number of hydrazone groups is 1. The molecule has 1 aliphatic rings. The topological polar surface area (TPSA) is 107 Å². The second-order valence-corrected chi connectivity index (χ2v) is 8.96. The Bertz CT molecular complexity index is 1110. The summed E-state index contributed by atoms with van der Waals surface area (Å²) in [5.74, 6) is 1.37. The average Bonchev–Trinajstić information content (AvgIpc) is 3.25. The van der Waals surface area contributed by atoms with Gasteiger partial charge in [-0.1, -0.05) is 24.6 Å². The van der Waals surface area contributed by atoms with Gasteiger partial charge in [-0.3, -0.25) is 4.79 Å². The number of likely N-dealkylation sites (N-methyl/N-ethyl adjacent to an activating group) is 1. The number of carbonyl (C=O) groups is 1. The van der Waals surface area contributed by atoms with E-state index in [2.05, 4.69) is 9.93 Å². The van der Waals surface area contributed by atoms with Crippen LogP contribution in [0.5, 0.6) is 17.2 Å². The molecule has 0 spiro atoms. The molecule has 0 atom stereocenters. The van der Waals surface area contributed by atoms with Crippen LogP contribution in [0.25, 0.3) is 0 Å². The lowest BCUT2D eigenvalue weighted by atomic mass is 10.0. The summed E-state index contributed by atoms with van der Waals surface area (Å²) in [7, 11) is -0.606. The van der Waals surface area contributed by atoms with Crippen molar-refractivity contribution < 1.29 is 27.4 Å². The summed E-state index contributed by atoms with van der Waals surface area (Å²) in [5.41, 5.74) is 2.27. The molecule has 1 aliphatic heterocycles. The largest absolute Gasteiger partial charge is 0.492 e. The van der Waals surface area contributed by atoms with Gasteiger partial charge in [0.15, 0.2) is 11.5 Å². The first-order valence-corrected chi connectivity index (χ1v) is 11.6. The van der Waals surface area contributed by atoms with E-state index in [0.717, 1.165) is 11.1 Å². The molecule has 0 saturated heterocycles. The second-order valence-electron chi connectivity index (χ2n) is 7.30. The number of sulfonamides is 1. The number of nitrogens with one attached hydrogen (secondary N) is 1. The van der Waals surface area contributed by atoms with Gasteiger partial charge in [-0.05, 0) is 37.1 Å². The van der Waals surface area contributed by atoms with Crippen LogP contribution >= 0.6 is 0 Å². The Morgan fingerprint density at radius 2 is 2.00 bits per heavy atom. The fourth-order valence-corrected chi connectivity index (χ4v) is 4.03. The van der Waals surface area contributed by atoms with Crippen molar-refractivity contribution in [2.45, 2.75) is 31.6 Å².